The van der Waals surface area contributed by atoms with Crippen LogP contribution in [0.5, 0.6) is 0 Å². The van der Waals surface area contributed by atoms with E-state index >= 15 is 0 Å². The van der Waals surface area contributed by atoms with Crippen molar-refractivity contribution in [3.63, 3.8) is 0 Å². The molecule has 0 radical (unpaired) electrons. The molecule has 4 N–H and O–H groups in total. The molecule has 1 rings (SSSR count). The van der Waals surface area contributed by atoms with Crippen LogP contribution in [0, 0.1) is 0 Å². The quantitative estimate of drug-likeness (QED) is 0.300. The number of carbonyl (C=O) groups is 1. The van der Waals surface area contributed by atoms with Crippen molar-refractivity contribution in [2.24, 2.45) is 10.9 Å². The largest absolute Gasteiger partial charge is 0.409 e. The first-order valence-electron chi connectivity index (χ1n) is 5.93. The molecule has 1 fully saturated rings. The van der Waals surface area contributed by atoms with Crippen molar-refractivity contribution in [2.45, 2.75) is 50.3 Å². The highest BCUT2D eigenvalue weighted by Gasteiger charge is 2.37. The zero-order chi connectivity index (χ0) is 12.9. The van der Waals surface area contributed by atoms with Crippen LogP contribution in [0.1, 0.15) is 39.5 Å². The summed E-state index contributed by atoms with van der Waals surface area (Å²) < 4.78 is -0.307. The molecule has 2 atom stereocenters. The normalized spacial score (nSPS) is 26.8. The average molecular weight is 259 g/mol. The van der Waals surface area contributed by atoms with Gasteiger partial charge in [0.2, 0.25) is 5.91 Å². The van der Waals surface area contributed by atoms with Crippen molar-refractivity contribution < 1.29 is 10.0 Å². The molecule has 0 saturated carbocycles. The predicted molar refractivity (Wildman–Crippen MR) is 70.3 cm³/mol. The van der Waals surface area contributed by atoms with Gasteiger partial charge in [-0.05, 0) is 31.9 Å². The fourth-order valence-electron chi connectivity index (χ4n) is 1.89. The molecule has 1 aliphatic rings. The van der Waals surface area contributed by atoms with Crippen LogP contribution in [0.15, 0.2) is 5.16 Å². The van der Waals surface area contributed by atoms with Gasteiger partial charge in [-0.3, -0.25) is 4.79 Å². The zero-order valence-corrected chi connectivity index (χ0v) is 11.2. The molecule has 1 aliphatic heterocycles. The number of hydrogen-bond donors (Lipinski definition) is 3. The van der Waals surface area contributed by atoms with Crippen LogP contribution in [0.3, 0.4) is 0 Å². The minimum absolute atomic E-state index is 0.0589. The number of rotatable bonds is 5. The lowest BCUT2D eigenvalue weighted by molar-refractivity contribution is -0.123. The van der Waals surface area contributed by atoms with Gasteiger partial charge in [0.15, 0.2) is 0 Å². The van der Waals surface area contributed by atoms with E-state index in [0.29, 0.717) is 6.42 Å². The Morgan fingerprint density at radius 2 is 2.41 bits per heavy atom. The lowest BCUT2D eigenvalue weighted by atomic mass is 10.0. The van der Waals surface area contributed by atoms with E-state index < -0.39 is 0 Å². The van der Waals surface area contributed by atoms with Crippen molar-refractivity contribution in [3.8, 4) is 0 Å². The van der Waals surface area contributed by atoms with E-state index in [1.807, 2.05) is 13.8 Å². The summed E-state index contributed by atoms with van der Waals surface area (Å²) in [7, 11) is 0. The van der Waals surface area contributed by atoms with Gasteiger partial charge in [-0.25, -0.2) is 0 Å². The third kappa shape index (κ3) is 3.80. The Kier molecular flexibility index (Phi) is 5.11. The molecule has 0 aromatic heterocycles. The number of thioether (sulfide) groups is 1. The first kappa shape index (κ1) is 14.2. The molecule has 0 bridgehead atoms. The zero-order valence-electron chi connectivity index (χ0n) is 10.4. The molecule has 0 spiro atoms. The second kappa shape index (κ2) is 6.14. The molecule has 1 amide bonds. The highest BCUT2D eigenvalue weighted by molar-refractivity contribution is 8.01. The van der Waals surface area contributed by atoms with E-state index in [9.17, 15) is 4.79 Å². The van der Waals surface area contributed by atoms with Crippen LogP contribution in [0.25, 0.3) is 0 Å². The summed E-state index contributed by atoms with van der Waals surface area (Å²) in [4.78, 5) is 12.1. The van der Waals surface area contributed by atoms with Gasteiger partial charge in [-0.1, -0.05) is 12.1 Å². The SMILES string of the molecule is CCC(CC(N)=NO)NC(=O)C1(C)CCCS1. The third-order valence-electron chi connectivity index (χ3n) is 3.11. The Labute approximate surface area is 106 Å². The number of carbonyl (C=O) groups excluding carboxylic acids is 1. The van der Waals surface area contributed by atoms with E-state index in [4.69, 9.17) is 10.9 Å². The van der Waals surface area contributed by atoms with Crippen LogP contribution in [0.4, 0.5) is 0 Å². The molecule has 6 heteroatoms. The fraction of sp³-hybridized carbons (Fsp3) is 0.818. The summed E-state index contributed by atoms with van der Waals surface area (Å²) in [5.74, 6) is 1.26. The lowest BCUT2D eigenvalue weighted by Crippen LogP contribution is -2.46. The van der Waals surface area contributed by atoms with Crippen molar-refractivity contribution >= 4 is 23.5 Å². The molecule has 1 heterocycles. The molecule has 17 heavy (non-hydrogen) atoms. The van der Waals surface area contributed by atoms with Crippen LogP contribution in [0.2, 0.25) is 0 Å². The maximum atomic E-state index is 12.1. The molecular formula is C11H21N3O2S. The third-order valence-corrected chi connectivity index (χ3v) is 4.63. The van der Waals surface area contributed by atoms with Gasteiger partial charge in [-0.15, -0.1) is 11.8 Å². The summed E-state index contributed by atoms with van der Waals surface area (Å²) in [6, 6.07) is -0.0589. The Bertz CT molecular complexity index is 301. The lowest BCUT2D eigenvalue weighted by Gasteiger charge is -2.25. The monoisotopic (exact) mass is 259 g/mol. The highest BCUT2D eigenvalue weighted by atomic mass is 32.2. The van der Waals surface area contributed by atoms with E-state index in [-0.39, 0.29) is 22.5 Å². The molecule has 98 valence electrons. The maximum absolute atomic E-state index is 12.1. The fourth-order valence-corrected chi connectivity index (χ4v) is 3.10. The number of amides is 1. The summed E-state index contributed by atoms with van der Waals surface area (Å²) in [6.07, 6.45) is 3.16. The smallest absolute Gasteiger partial charge is 0.236 e. The second-order valence-electron chi connectivity index (χ2n) is 4.56. The molecule has 2 unspecified atom stereocenters. The first-order chi connectivity index (χ1) is 8.01. The van der Waals surface area contributed by atoms with Gasteiger partial charge in [0.1, 0.15) is 5.84 Å². The Balaban J connectivity index is 2.53. The van der Waals surface area contributed by atoms with Crippen molar-refractivity contribution in [1.29, 1.82) is 0 Å². The minimum atomic E-state index is -0.307. The number of nitrogens with two attached hydrogens (primary N) is 1. The number of amidine groups is 1. The number of hydrogen-bond acceptors (Lipinski definition) is 4. The summed E-state index contributed by atoms with van der Waals surface area (Å²) in [5.41, 5.74) is 5.46. The van der Waals surface area contributed by atoms with Crippen LogP contribution in [-0.2, 0) is 4.79 Å². The van der Waals surface area contributed by atoms with Gasteiger partial charge in [0.05, 0.1) is 4.75 Å². The second-order valence-corrected chi connectivity index (χ2v) is 6.15. The molecule has 0 aliphatic carbocycles. The maximum Gasteiger partial charge on any atom is 0.236 e. The van der Waals surface area contributed by atoms with Crippen molar-refractivity contribution in [2.75, 3.05) is 5.75 Å². The summed E-state index contributed by atoms with van der Waals surface area (Å²) >= 11 is 1.71. The molecule has 1 saturated heterocycles. The van der Waals surface area contributed by atoms with E-state index in [1.54, 1.807) is 11.8 Å². The molecule has 5 nitrogen and oxygen atoms in total. The van der Waals surface area contributed by atoms with Gasteiger partial charge in [0.25, 0.3) is 0 Å². The van der Waals surface area contributed by atoms with Gasteiger partial charge in [0, 0.05) is 12.5 Å². The average Bonchev–Trinajstić information content (AvgIpc) is 2.76. The molecular weight excluding hydrogens is 238 g/mol. The van der Waals surface area contributed by atoms with Crippen molar-refractivity contribution in [1.82, 2.24) is 5.32 Å². The number of nitrogens with zero attached hydrogens (tertiary/aromatic N) is 1. The Morgan fingerprint density at radius 1 is 1.71 bits per heavy atom. The van der Waals surface area contributed by atoms with Crippen LogP contribution >= 0.6 is 11.8 Å². The summed E-state index contributed by atoms with van der Waals surface area (Å²) in [5, 5.41) is 14.4. The first-order valence-corrected chi connectivity index (χ1v) is 6.91. The number of oxime groups is 1. The standard InChI is InChI=1S/C11H21N3O2S/c1-3-8(7-9(12)14-16)13-10(15)11(2)5-4-6-17-11/h8,16H,3-7H2,1-2H3,(H2,12,14)(H,13,15). The topological polar surface area (TPSA) is 87.7 Å². The minimum Gasteiger partial charge on any atom is -0.409 e. The molecule has 0 aromatic carbocycles. The summed E-state index contributed by atoms with van der Waals surface area (Å²) in [6.45, 7) is 3.95. The highest BCUT2D eigenvalue weighted by Crippen LogP contribution is 2.37. The predicted octanol–water partition coefficient (Wildman–Crippen LogP) is 1.30. The Hall–Kier alpha value is -0.910. The van der Waals surface area contributed by atoms with Gasteiger partial charge in [-0.2, -0.15) is 0 Å². The van der Waals surface area contributed by atoms with Crippen LogP contribution in [-0.4, -0.2) is 33.5 Å². The van der Waals surface area contributed by atoms with Gasteiger partial charge >= 0.3 is 0 Å². The van der Waals surface area contributed by atoms with Gasteiger partial charge < -0.3 is 16.3 Å². The van der Waals surface area contributed by atoms with Crippen LogP contribution < -0.4 is 11.1 Å². The number of nitrogens with one attached hydrogen (secondary N) is 1. The van der Waals surface area contributed by atoms with Crippen molar-refractivity contribution in [3.05, 3.63) is 0 Å². The Morgan fingerprint density at radius 3 is 2.88 bits per heavy atom. The van der Waals surface area contributed by atoms with E-state index in [1.165, 1.54) is 0 Å². The van der Waals surface area contributed by atoms with E-state index in [0.717, 1.165) is 25.0 Å². The molecule has 0 aromatic rings. The van der Waals surface area contributed by atoms with E-state index in [2.05, 4.69) is 10.5 Å².